The predicted molar refractivity (Wildman–Crippen MR) is 83.2 cm³/mol. The maximum Gasteiger partial charge on any atom is 0.133 e. The van der Waals surface area contributed by atoms with E-state index in [1.807, 2.05) is 6.20 Å². The molecule has 0 aliphatic heterocycles. The van der Waals surface area contributed by atoms with Crippen LogP contribution in [0.15, 0.2) is 11.6 Å². The Morgan fingerprint density at radius 2 is 2.10 bits per heavy atom. The van der Waals surface area contributed by atoms with Gasteiger partial charge in [-0.1, -0.05) is 13.8 Å². The number of nitrogen functional groups attached to an aromatic ring is 1. The highest BCUT2D eigenvalue weighted by atomic mass is 32.1. The SMILES string of the molecule is Cc1c(Cc2cnc(C(C)C)nc2N)csc1CCO. The maximum absolute atomic E-state index is 9.04. The Kier molecular flexibility index (Phi) is 4.73. The van der Waals surface area contributed by atoms with Crippen LogP contribution >= 0.6 is 11.3 Å². The summed E-state index contributed by atoms with van der Waals surface area (Å²) in [6.45, 7) is 6.39. The minimum absolute atomic E-state index is 0.190. The van der Waals surface area contributed by atoms with Crippen molar-refractivity contribution in [3.63, 3.8) is 0 Å². The van der Waals surface area contributed by atoms with Gasteiger partial charge in [-0.05, 0) is 23.4 Å². The average Bonchev–Trinajstić information content (AvgIpc) is 2.74. The van der Waals surface area contributed by atoms with Crippen molar-refractivity contribution in [3.05, 3.63) is 39.0 Å². The Bertz CT molecular complexity index is 593. The van der Waals surface area contributed by atoms with Gasteiger partial charge >= 0.3 is 0 Å². The maximum atomic E-state index is 9.04. The number of hydrogen-bond donors (Lipinski definition) is 2. The van der Waals surface area contributed by atoms with Gasteiger partial charge in [0.2, 0.25) is 0 Å². The monoisotopic (exact) mass is 291 g/mol. The Morgan fingerprint density at radius 3 is 2.70 bits per heavy atom. The highest BCUT2D eigenvalue weighted by molar-refractivity contribution is 7.10. The molecule has 2 aromatic rings. The van der Waals surface area contributed by atoms with Gasteiger partial charge in [-0.2, -0.15) is 0 Å². The first-order chi connectivity index (χ1) is 9.52. The van der Waals surface area contributed by atoms with Crippen LogP contribution in [-0.2, 0) is 12.8 Å². The third-order valence-electron chi connectivity index (χ3n) is 3.40. The summed E-state index contributed by atoms with van der Waals surface area (Å²) in [6, 6.07) is 0. The zero-order valence-corrected chi connectivity index (χ0v) is 13.0. The molecule has 3 N–H and O–H groups in total. The van der Waals surface area contributed by atoms with E-state index in [4.69, 9.17) is 10.8 Å². The van der Waals surface area contributed by atoms with Crippen molar-refractivity contribution in [1.82, 2.24) is 9.97 Å². The second-order valence-corrected chi connectivity index (χ2v) is 6.22. The van der Waals surface area contributed by atoms with Gasteiger partial charge in [0.05, 0.1) is 0 Å². The zero-order valence-electron chi connectivity index (χ0n) is 12.2. The van der Waals surface area contributed by atoms with E-state index >= 15 is 0 Å². The van der Waals surface area contributed by atoms with Crippen molar-refractivity contribution >= 4 is 17.2 Å². The van der Waals surface area contributed by atoms with Crippen molar-refractivity contribution in [2.24, 2.45) is 0 Å². The molecule has 0 spiro atoms. The molecule has 0 saturated heterocycles. The van der Waals surface area contributed by atoms with Gasteiger partial charge in [0.15, 0.2) is 0 Å². The standard InChI is InChI=1S/C15H21N3OS/c1-9(2)15-17-7-11(14(16)18-15)6-12-8-20-13(4-5-19)10(12)3/h7-9,19H,4-6H2,1-3H3,(H2,16,17,18). The summed E-state index contributed by atoms with van der Waals surface area (Å²) in [5.41, 5.74) is 9.49. The lowest BCUT2D eigenvalue weighted by molar-refractivity contribution is 0.300. The Hall–Kier alpha value is -1.46. The van der Waals surface area contributed by atoms with E-state index in [1.54, 1.807) is 11.3 Å². The van der Waals surface area contributed by atoms with Crippen molar-refractivity contribution in [1.29, 1.82) is 0 Å². The molecule has 2 heterocycles. The summed E-state index contributed by atoms with van der Waals surface area (Å²) in [5, 5.41) is 11.2. The number of aromatic nitrogens is 2. The second kappa shape index (κ2) is 6.33. The summed E-state index contributed by atoms with van der Waals surface area (Å²) in [5.74, 6) is 1.64. The quantitative estimate of drug-likeness (QED) is 0.888. The predicted octanol–water partition coefficient (Wildman–Crippen LogP) is 2.68. The van der Waals surface area contributed by atoms with Crippen molar-refractivity contribution < 1.29 is 5.11 Å². The van der Waals surface area contributed by atoms with Crippen LogP contribution in [0.3, 0.4) is 0 Å². The zero-order chi connectivity index (χ0) is 14.7. The Morgan fingerprint density at radius 1 is 1.35 bits per heavy atom. The van der Waals surface area contributed by atoms with E-state index in [0.29, 0.717) is 5.82 Å². The molecular weight excluding hydrogens is 270 g/mol. The number of nitrogens with two attached hydrogens (primary N) is 1. The number of nitrogens with zero attached hydrogens (tertiary/aromatic N) is 2. The molecule has 0 bridgehead atoms. The first-order valence-corrected chi connectivity index (χ1v) is 7.68. The fourth-order valence-corrected chi connectivity index (χ4v) is 3.14. The molecule has 0 amide bonds. The first-order valence-electron chi connectivity index (χ1n) is 6.81. The lowest BCUT2D eigenvalue weighted by atomic mass is 10.0. The van der Waals surface area contributed by atoms with Gasteiger partial charge in [-0.15, -0.1) is 11.3 Å². The van der Waals surface area contributed by atoms with Crippen molar-refractivity contribution in [2.75, 3.05) is 12.3 Å². The first kappa shape index (κ1) is 14.9. The number of aliphatic hydroxyl groups excluding tert-OH is 1. The summed E-state index contributed by atoms with van der Waals surface area (Å²) in [4.78, 5) is 9.99. The molecule has 0 unspecified atom stereocenters. The normalized spacial score (nSPS) is 11.2. The molecule has 4 nitrogen and oxygen atoms in total. The van der Waals surface area contributed by atoms with Crippen LogP contribution in [0.5, 0.6) is 0 Å². The van der Waals surface area contributed by atoms with Gasteiger partial charge in [-0.3, -0.25) is 0 Å². The smallest absolute Gasteiger partial charge is 0.133 e. The third kappa shape index (κ3) is 3.16. The lowest BCUT2D eigenvalue weighted by Gasteiger charge is -2.08. The molecule has 0 aliphatic rings. The molecule has 0 fully saturated rings. The highest BCUT2D eigenvalue weighted by Crippen LogP contribution is 2.26. The van der Waals surface area contributed by atoms with Crippen LogP contribution in [-0.4, -0.2) is 21.7 Å². The van der Waals surface area contributed by atoms with Crippen LogP contribution in [0.2, 0.25) is 0 Å². The molecule has 2 rings (SSSR count). The van der Waals surface area contributed by atoms with E-state index in [2.05, 4.69) is 36.1 Å². The lowest BCUT2D eigenvalue weighted by Crippen LogP contribution is -2.05. The van der Waals surface area contributed by atoms with Crippen LogP contribution in [0.1, 0.15) is 47.2 Å². The van der Waals surface area contributed by atoms with E-state index in [9.17, 15) is 0 Å². The van der Waals surface area contributed by atoms with Crippen molar-refractivity contribution in [3.8, 4) is 0 Å². The minimum atomic E-state index is 0.190. The Labute approximate surface area is 123 Å². The van der Waals surface area contributed by atoms with Gasteiger partial charge in [0.25, 0.3) is 0 Å². The van der Waals surface area contributed by atoms with Gasteiger partial charge in [0, 0.05) is 42.0 Å². The van der Waals surface area contributed by atoms with Crippen LogP contribution in [0.25, 0.3) is 0 Å². The second-order valence-electron chi connectivity index (χ2n) is 5.25. The molecule has 0 atom stereocenters. The van der Waals surface area contributed by atoms with Crippen molar-refractivity contribution in [2.45, 2.75) is 39.5 Å². The highest BCUT2D eigenvalue weighted by Gasteiger charge is 2.12. The topological polar surface area (TPSA) is 72.0 Å². The van der Waals surface area contributed by atoms with Crippen LogP contribution in [0.4, 0.5) is 5.82 Å². The molecule has 2 aromatic heterocycles. The summed E-state index contributed by atoms with van der Waals surface area (Å²) < 4.78 is 0. The van der Waals surface area contributed by atoms with Gasteiger partial charge < -0.3 is 10.8 Å². The average molecular weight is 291 g/mol. The van der Waals surface area contributed by atoms with Gasteiger partial charge in [0.1, 0.15) is 11.6 Å². The fourth-order valence-electron chi connectivity index (χ4n) is 2.07. The minimum Gasteiger partial charge on any atom is -0.396 e. The number of rotatable bonds is 5. The van der Waals surface area contributed by atoms with E-state index in [1.165, 1.54) is 16.0 Å². The van der Waals surface area contributed by atoms with Crippen LogP contribution < -0.4 is 5.73 Å². The number of aliphatic hydroxyl groups is 1. The van der Waals surface area contributed by atoms with Gasteiger partial charge in [-0.25, -0.2) is 9.97 Å². The molecule has 108 valence electrons. The molecule has 0 aliphatic carbocycles. The molecule has 0 radical (unpaired) electrons. The molecular formula is C15H21N3OS. The largest absolute Gasteiger partial charge is 0.396 e. The number of hydrogen-bond acceptors (Lipinski definition) is 5. The number of thiophene rings is 1. The number of anilines is 1. The third-order valence-corrected chi connectivity index (χ3v) is 4.59. The fraction of sp³-hybridized carbons (Fsp3) is 0.467. The Balaban J connectivity index is 2.22. The summed E-state index contributed by atoms with van der Waals surface area (Å²) in [6.07, 6.45) is 3.30. The van der Waals surface area contributed by atoms with E-state index in [-0.39, 0.29) is 12.5 Å². The molecule has 0 saturated carbocycles. The molecule has 20 heavy (non-hydrogen) atoms. The molecule has 0 aromatic carbocycles. The van der Waals surface area contributed by atoms with E-state index in [0.717, 1.165) is 24.2 Å². The molecule has 5 heteroatoms. The summed E-state index contributed by atoms with van der Waals surface area (Å²) >= 11 is 1.69. The van der Waals surface area contributed by atoms with Crippen LogP contribution in [0, 0.1) is 6.92 Å². The summed E-state index contributed by atoms with van der Waals surface area (Å²) in [7, 11) is 0. The van der Waals surface area contributed by atoms with E-state index < -0.39 is 0 Å².